The van der Waals surface area contributed by atoms with Crippen molar-refractivity contribution < 1.29 is 14.7 Å². The number of amides is 2. The molecule has 0 radical (unpaired) electrons. The van der Waals surface area contributed by atoms with Gasteiger partial charge in [-0.2, -0.15) is 0 Å². The maximum atomic E-state index is 12.2. The molecule has 0 atom stereocenters. The van der Waals surface area contributed by atoms with Gasteiger partial charge in [-0.3, -0.25) is 4.79 Å². The minimum absolute atomic E-state index is 0.0615. The molecule has 120 valence electrons. The first-order chi connectivity index (χ1) is 10.0. The van der Waals surface area contributed by atoms with Crippen LogP contribution in [-0.4, -0.2) is 41.6 Å². The summed E-state index contributed by atoms with van der Waals surface area (Å²) in [6, 6.07) is 0.0615. The van der Waals surface area contributed by atoms with Gasteiger partial charge in [0.25, 0.3) is 0 Å². The highest BCUT2D eigenvalue weighted by molar-refractivity contribution is 5.74. The molecule has 2 rings (SSSR count). The molecule has 1 aliphatic carbocycles. The number of hydrogen-bond acceptors (Lipinski definition) is 2. The zero-order valence-electron chi connectivity index (χ0n) is 13.1. The summed E-state index contributed by atoms with van der Waals surface area (Å²) in [6.45, 7) is 4.53. The van der Waals surface area contributed by atoms with Gasteiger partial charge in [0.05, 0.1) is 0 Å². The number of aliphatic carboxylic acids is 1. The lowest BCUT2D eigenvalue weighted by atomic mass is 9.67. The number of carboxylic acids is 1. The van der Waals surface area contributed by atoms with E-state index in [1.54, 1.807) is 0 Å². The highest BCUT2D eigenvalue weighted by atomic mass is 16.4. The van der Waals surface area contributed by atoms with Crippen molar-refractivity contribution in [3.8, 4) is 0 Å². The molecule has 2 aliphatic rings. The van der Waals surface area contributed by atoms with E-state index in [4.69, 9.17) is 5.11 Å². The van der Waals surface area contributed by atoms with Gasteiger partial charge in [0.15, 0.2) is 0 Å². The molecule has 2 amide bonds. The molecule has 0 aromatic heterocycles. The van der Waals surface area contributed by atoms with Crippen LogP contribution in [0.5, 0.6) is 0 Å². The highest BCUT2D eigenvalue weighted by Crippen LogP contribution is 2.43. The molecule has 1 saturated heterocycles. The van der Waals surface area contributed by atoms with Gasteiger partial charge in [-0.15, -0.1) is 0 Å². The maximum Gasteiger partial charge on any atom is 0.317 e. The van der Waals surface area contributed by atoms with Crippen molar-refractivity contribution in [1.82, 2.24) is 10.2 Å². The van der Waals surface area contributed by atoms with Gasteiger partial charge < -0.3 is 15.3 Å². The number of nitrogens with zero attached hydrogens (tertiary/aromatic N) is 1. The zero-order chi connectivity index (χ0) is 15.3. The first-order valence-electron chi connectivity index (χ1n) is 8.29. The van der Waals surface area contributed by atoms with Gasteiger partial charge in [-0.05, 0) is 49.9 Å². The number of carbonyl (C=O) groups is 2. The van der Waals surface area contributed by atoms with E-state index in [1.807, 2.05) is 4.90 Å². The Morgan fingerprint density at radius 1 is 1.29 bits per heavy atom. The molecule has 2 fully saturated rings. The summed E-state index contributed by atoms with van der Waals surface area (Å²) in [5, 5.41) is 11.8. The molecule has 2 N–H and O–H groups in total. The van der Waals surface area contributed by atoms with E-state index < -0.39 is 5.97 Å². The number of nitrogens with one attached hydrogen (secondary N) is 1. The topological polar surface area (TPSA) is 69.6 Å². The molecule has 0 spiro atoms. The Kier molecular flexibility index (Phi) is 5.48. The smallest absolute Gasteiger partial charge is 0.317 e. The van der Waals surface area contributed by atoms with Gasteiger partial charge in [0, 0.05) is 26.1 Å². The van der Waals surface area contributed by atoms with E-state index >= 15 is 0 Å². The lowest BCUT2D eigenvalue weighted by Crippen LogP contribution is -2.49. The monoisotopic (exact) mass is 296 g/mol. The van der Waals surface area contributed by atoms with E-state index in [0.717, 1.165) is 45.3 Å². The minimum atomic E-state index is -0.722. The van der Waals surface area contributed by atoms with Crippen molar-refractivity contribution >= 4 is 12.0 Å². The van der Waals surface area contributed by atoms with Crippen molar-refractivity contribution in [3.05, 3.63) is 0 Å². The largest absolute Gasteiger partial charge is 0.481 e. The number of likely N-dealkylation sites (tertiary alicyclic amines) is 1. The summed E-state index contributed by atoms with van der Waals surface area (Å²) in [5.41, 5.74) is 0.357. The zero-order valence-corrected chi connectivity index (χ0v) is 13.1. The first kappa shape index (κ1) is 16.1. The molecule has 0 unspecified atom stereocenters. The quantitative estimate of drug-likeness (QED) is 0.792. The molecule has 1 aliphatic heterocycles. The lowest BCUT2D eigenvalue weighted by molar-refractivity contribution is -0.137. The van der Waals surface area contributed by atoms with Crippen molar-refractivity contribution in [2.45, 2.75) is 58.3 Å². The van der Waals surface area contributed by atoms with E-state index in [0.29, 0.717) is 11.3 Å². The highest BCUT2D eigenvalue weighted by Gasteiger charge is 2.35. The van der Waals surface area contributed by atoms with Crippen LogP contribution in [0.15, 0.2) is 0 Å². The van der Waals surface area contributed by atoms with Gasteiger partial charge in [-0.25, -0.2) is 4.79 Å². The molecule has 21 heavy (non-hydrogen) atoms. The minimum Gasteiger partial charge on any atom is -0.481 e. The molecular weight excluding hydrogens is 268 g/mol. The van der Waals surface area contributed by atoms with Crippen molar-refractivity contribution in [1.29, 1.82) is 0 Å². The van der Waals surface area contributed by atoms with E-state index in [2.05, 4.69) is 12.2 Å². The van der Waals surface area contributed by atoms with Crippen molar-refractivity contribution in [2.24, 2.45) is 11.3 Å². The Hall–Kier alpha value is -1.26. The number of rotatable bonds is 6. The number of carbonyl (C=O) groups excluding carboxylic acids is 1. The van der Waals surface area contributed by atoms with Gasteiger partial charge >= 0.3 is 12.0 Å². The van der Waals surface area contributed by atoms with Crippen LogP contribution >= 0.6 is 0 Å². The van der Waals surface area contributed by atoms with E-state index in [9.17, 15) is 9.59 Å². The average Bonchev–Trinajstić information content (AvgIpc) is 2.44. The molecule has 0 aromatic rings. The number of piperidine rings is 1. The van der Waals surface area contributed by atoms with Gasteiger partial charge in [0.2, 0.25) is 0 Å². The predicted molar refractivity (Wildman–Crippen MR) is 81.1 cm³/mol. The Labute approximate surface area is 127 Å². The Morgan fingerprint density at radius 3 is 2.43 bits per heavy atom. The second kappa shape index (κ2) is 7.14. The molecule has 1 saturated carbocycles. The fourth-order valence-electron chi connectivity index (χ4n) is 3.46. The molecule has 0 bridgehead atoms. The molecule has 5 nitrogen and oxygen atoms in total. The van der Waals surface area contributed by atoms with Crippen LogP contribution in [0.25, 0.3) is 0 Å². The SMILES string of the molecule is CCC1(CNC(=O)N2CCC(CCC(=O)O)CC2)CCC1. The summed E-state index contributed by atoms with van der Waals surface area (Å²) in [4.78, 5) is 24.7. The van der Waals surface area contributed by atoms with Crippen LogP contribution in [-0.2, 0) is 4.79 Å². The second-order valence-electron chi connectivity index (χ2n) is 6.73. The molecular formula is C16H28N2O3. The van der Waals surface area contributed by atoms with Crippen LogP contribution in [0.1, 0.15) is 58.3 Å². The van der Waals surface area contributed by atoms with E-state index in [1.165, 1.54) is 19.3 Å². The fourth-order valence-corrected chi connectivity index (χ4v) is 3.46. The van der Waals surface area contributed by atoms with Crippen LogP contribution in [0.3, 0.4) is 0 Å². The molecule has 5 heteroatoms. The predicted octanol–water partition coefficient (Wildman–Crippen LogP) is 2.85. The van der Waals surface area contributed by atoms with E-state index in [-0.39, 0.29) is 12.5 Å². The van der Waals surface area contributed by atoms with Crippen molar-refractivity contribution in [2.75, 3.05) is 19.6 Å². The van der Waals surface area contributed by atoms with Gasteiger partial charge in [-0.1, -0.05) is 13.3 Å². The van der Waals surface area contributed by atoms with Crippen LogP contribution in [0.2, 0.25) is 0 Å². The maximum absolute atomic E-state index is 12.2. The second-order valence-corrected chi connectivity index (χ2v) is 6.73. The van der Waals surface area contributed by atoms with Gasteiger partial charge in [0.1, 0.15) is 0 Å². The standard InChI is InChI=1S/C16H28N2O3/c1-2-16(8-3-9-16)12-17-15(21)18-10-6-13(7-11-18)4-5-14(19)20/h13H,2-12H2,1H3,(H,17,21)(H,19,20). The Balaban J connectivity index is 1.67. The Morgan fingerprint density at radius 2 is 1.95 bits per heavy atom. The third kappa shape index (κ3) is 4.35. The summed E-state index contributed by atoms with van der Waals surface area (Å²) in [6.07, 6.45) is 7.75. The number of carboxylic acid groups (broad SMARTS) is 1. The van der Waals surface area contributed by atoms with Crippen LogP contribution in [0, 0.1) is 11.3 Å². The van der Waals surface area contributed by atoms with Crippen LogP contribution < -0.4 is 5.32 Å². The average molecular weight is 296 g/mol. The number of urea groups is 1. The number of hydrogen-bond donors (Lipinski definition) is 2. The van der Waals surface area contributed by atoms with Crippen molar-refractivity contribution in [3.63, 3.8) is 0 Å². The third-order valence-electron chi connectivity index (χ3n) is 5.45. The van der Waals surface area contributed by atoms with Crippen LogP contribution in [0.4, 0.5) is 4.79 Å². The third-order valence-corrected chi connectivity index (χ3v) is 5.45. The Bertz CT molecular complexity index is 366. The summed E-state index contributed by atoms with van der Waals surface area (Å²) in [5.74, 6) is -0.265. The summed E-state index contributed by atoms with van der Waals surface area (Å²) in [7, 11) is 0. The first-order valence-corrected chi connectivity index (χ1v) is 8.29. The summed E-state index contributed by atoms with van der Waals surface area (Å²) >= 11 is 0. The normalized spacial score (nSPS) is 21.7. The summed E-state index contributed by atoms with van der Waals surface area (Å²) < 4.78 is 0. The molecule has 1 heterocycles. The fraction of sp³-hybridized carbons (Fsp3) is 0.875. The molecule has 0 aromatic carbocycles. The lowest BCUT2D eigenvalue weighted by Gasteiger charge is -2.42.